The summed E-state index contributed by atoms with van der Waals surface area (Å²) in [4.78, 5) is 38.4. The maximum absolute atomic E-state index is 13.5. The van der Waals surface area contributed by atoms with Gasteiger partial charge in [0.2, 0.25) is 0 Å². The van der Waals surface area contributed by atoms with Gasteiger partial charge in [0.1, 0.15) is 24.9 Å². The molecular formula is C36H59NO6. The van der Waals surface area contributed by atoms with Crippen molar-refractivity contribution in [3.63, 3.8) is 0 Å². The van der Waals surface area contributed by atoms with E-state index < -0.39 is 18.1 Å². The summed E-state index contributed by atoms with van der Waals surface area (Å²) < 4.78 is 17.1. The summed E-state index contributed by atoms with van der Waals surface area (Å²) in [5.74, 6) is -0.817. The van der Waals surface area contributed by atoms with E-state index in [2.05, 4.69) is 19.2 Å². The molecule has 1 aromatic rings. The van der Waals surface area contributed by atoms with Crippen molar-refractivity contribution in [1.29, 1.82) is 0 Å². The van der Waals surface area contributed by atoms with Crippen molar-refractivity contribution in [2.75, 3.05) is 0 Å². The number of amides is 1. The fourth-order valence-corrected chi connectivity index (χ4v) is 5.67. The van der Waals surface area contributed by atoms with E-state index in [9.17, 15) is 14.4 Å². The van der Waals surface area contributed by atoms with Crippen molar-refractivity contribution in [2.24, 2.45) is 11.8 Å². The zero-order chi connectivity index (χ0) is 31.3. The quantitative estimate of drug-likeness (QED) is 0.0722. The van der Waals surface area contributed by atoms with Crippen LogP contribution >= 0.6 is 0 Å². The van der Waals surface area contributed by atoms with Crippen molar-refractivity contribution >= 4 is 18.0 Å². The van der Waals surface area contributed by atoms with E-state index in [4.69, 9.17) is 14.2 Å². The number of unbranched alkanes of at least 4 members (excludes halogenated alkanes) is 11. The highest BCUT2D eigenvalue weighted by atomic mass is 16.6. The zero-order valence-electron chi connectivity index (χ0n) is 27.5. The van der Waals surface area contributed by atoms with E-state index in [0.29, 0.717) is 12.8 Å². The van der Waals surface area contributed by atoms with Crippen LogP contribution in [0.5, 0.6) is 0 Å². The monoisotopic (exact) mass is 601 g/mol. The van der Waals surface area contributed by atoms with E-state index in [1.54, 1.807) is 0 Å². The topological polar surface area (TPSA) is 90.9 Å². The number of hydrogen-bond acceptors (Lipinski definition) is 6. The zero-order valence-corrected chi connectivity index (χ0v) is 27.5. The number of nitrogens with one attached hydrogen (secondary N) is 1. The summed E-state index contributed by atoms with van der Waals surface area (Å²) in [6.45, 7) is 8.46. The molecule has 1 aliphatic heterocycles. The van der Waals surface area contributed by atoms with Crippen LogP contribution in [0.25, 0.3) is 0 Å². The third-order valence-electron chi connectivity index (χ3n) is 8.75. The number of ether oxygens (including phenoxy) is 3. The minimum absolute atomic E-state index is 0.113. The molecule has 0 radical (unpaired) electrons. The van der Waals surface area contributed by atoms with Crippen molar-refractivity contribution in [3.8, 4) is 0 Å². The van der Waals surface area contributed by atoms with Gasteiger partial charge in [-0.1, -0.05) is 141 Å². The van der Waals surface area contributed by atoms with Gasteiger partial charge >= 0.3 is 18.0 Å². The maximum Gasteiger partial charge on any atom is 0.408 e. The highest BCUT2D eigenvalue weighted by Crippen LogP contribution is 2.33. The molecule has 1 fully saturated rings. The number of esters is 2. The highest BCUT2D eigenvalue weighted by Gasteiger charge is 2.43. The van der Waals surface area contributed by atoms with E-state index in [0.717, 1.165) is 50.5 Å². The molecule has 5 atom stereocenters. The Hall–Kier alpha value is -2.57. The van der Waals surface area contributed by atoms with Crippen LogP contribution < -0.4 is 5.32 Å². The molecule has 0 aliphatic carbocycles. The highest BCUT2D eigenvalue weighted by molar-refractivity contribution is 5.82. The first kappa shape index (κ1) is 36.6. The molecule has 2 rings (SSSR count). The van der Waals surface area contributed by atoms with Crippen LogP contribution in [0.1, 0.15) is 142 Å². The summed E-state index contributed by atoms with van der Waals surface area (Å²) in [5, 5.41) is 2.76. The number of carbonyl (C=O) groups is 3. The lowest BCUT2D eigenvalue weighted by Gasteiger charge is -2.37. The SMILES string of the molecule is CCCCCCCCCCC[C@@H](C[C@@H]1OC(=O)[C@H]1CCCCCC)OC(=O)[C@@H](NC(=O)OCc1ccccc1)[C@@H](C)CC. The van der Waals surface area contributed by atoms with Crippen molar-refractivity contribution in [3.05, 3.63) is 35.9 Å². The van der Waals surface area contributed by atoms with E-state index in [1.165, 1.54) is 51.4 Å². The maximum atomic E-state index is 13.5. The van der Waals surface area contributed by atoms with Crippen LogP contribution in [0.2, 0.25) is 0 Å². The number of carbonyl (C=O) groups excluding carboxylic acids is 3. The third-order valence-corrected chi connectivity index (χ3v) is 8.75. The van der Waals surface area contributed by atoms with E-state index >= 15 is 0 Å². The van der Waals surface area contributed by atoms with E-state index in [-0.39, 0.29) is 36.6 Å². The molecule has 0 saturated carbocycles. The molecule has 244 valence electrons. The molecule has 1 aliphatic rings. The summed E-state index contributed by atoms with van der Waals surface area (Å²) >= 11 is 0. The lowest BCUT2D eigenvalue weighted by atomic mass is 9.86. The summed E-state index contributed by atoms with van der Waals surface area (Å²) in [7, 11) is 0. The molecule has 1 heterocycles. The predicted molar refractivity (Wildman–Crippen MR) is 171 cm³/mol. The normalized spacial score (nSPS) is 18.2. The lowest BCUT2D eigenvalue weighted by Crippen LogP contribution is -2.49. The first-order valence-corrected chi connectivity index (χ1v) is 17.3. The van der Waals surface area contributed by atoms with Gasteiger partial charge in [-0.05, 0) is 30.7 Å². The van der Waals surface area contributed by atoms with Crippen LogP contribution in [-0.2, 0) is 30.4 Å². The first-order chi connectivity index (χ1) is 20.9. The number of rotatable bonds is 24. The molecule has 7 nitrogen and oxygen atoms in total. The Bertz CT molecular complexity index is 906. The minimum Gasteiger partial charge on any atom is -0.461 e. The van der Waals surface area contributed by atoms with Crippen LogP contribution in [0.15, 0.2) is 30.3 Å². The molecule has 1 aromatic carbocycles. The van der Waals surface area contributed by atoms with Crippen molar-refractivity contribution in [1.82, 2.24) is 5.32 Å². The Labute approximate surface area is 261 Å². The van der Waals surface area contributed by atoms with Gasteiger partial charge in [0, 0.05) is 6.42 Å². The van der Waals surface area contributed by atoms with Crippen molar-refractivity contribution < 1.29 is 28.6 Å². The summed E-state index contributed by atoms with van der Waals surface area (Å²) in [6.07, 6.45) is 16.9. The second-order valence-corrected chi connectivity index (χ2v) is 12.4. The second kappa shape index (κ2) is 22.0. The molecule has 43 heavy (non-hydrogen) atoms. The molecule has 0 aromatic heterocycles. The van der Waals surface area contributed by atoms with Gasteiger partial charge in [0.25, 0.3) is 0 Å². The van der Waals surface area contributed by atoms with Gasteiger partial charge in [0.15, 0.2) is 0 Å². The molecule has 0 bridgehead atoms. The van der Waals surface area contributed by atoms with Crippen molar-refractivity contribution in [2.45, 2.75) is 162 Å². The largest absolute Gasteiger partial charge is 0.461 e. The van der Waals surface area contributed by atoms with Gasteiger partial charge in [-0.15, -0.1) is 0 Å². The molecule has 0 spiro atoms. The average Bonchev–Trinajstić information content (AvgIpc) is 3.01. The van der Waals surface area contributed by atoms with Crippen LogP contribution in [-0.4, -0.2) is 36.3 Å². The Kier molecular flexibility index (Phi) is 18.7. The molecule has 1 amide bonds. The number of benzene rings is 1. The van der Waals surface area contributed by atoms with Gasteiger partial charge in [-0.3, -0.25) is 4.79 Å². The Morgan fingerprint density at radius 1 is 0.860 bits per heavy atom. The predicted octanol–water partition coefficient (Wildman–Crippen LogP) is 9.06. The summed E-state index contributed by atoms with van der Waals surface area (Å²) in [6, 6.07) is 8.64. The fourth-order valence-electron chi connectivity index (χ4n) is 5.67. The Morgan fingerprint density at radius 3 is 2.07 bits per heavy atom. The molecule has 1 N–H and O–H groups in total. The fraction of sp³-hybridized carbons (Fsp3) is 0.750. The Balaban J connectivity index is 1.95. The molecule has 0 unspecified atom stereocenters. The molecule has 7 heteroatoms. The number of cyclic esters (lactones) is 1. The van der Waals surface area contributed by atoms with Crippen LogP contribution in [0, 0.1) is 11.8 Å². The van der Waals surface area contributed by atoms with Gasteiger partial charge in [-0.25, -0.2) is 9.59 Å². The number of alkyl carbamates (subject to hydrolysis) is 1. The molecular weight excluding hydrogens is 542 g/mol. The number of hydrogen-bond donors (Lipinski definition) is 1. The van der Waals surface area contributed by atoms with Gasteiger partial charge < -0.3 is 19.5 Å². The van der Waals surface area contributed by atoms with Gasteiger partial charge in [0.05, 0.1) is 5.92 Å². The van der Waals surface area contributed by atoms with E-state index in [1.807, 2.05) is 44.2 Å². The van der Waals surface area contributed by atoms with Gasteiger partial charge in [-0.2, -0.15) is 0 Å². The molecule has 1 saturated heterocycles. The smallest absolute Gasteiger partial charge is 0.408 e. The standard InChI is InChI=1S/C36H59NO6/c1-5-8-10-12-13-14-15-16-20-24-30(26-32-31(34(38)43-32)25-21-11-9-6-2)42-35(39)33(28(4)7-3)37-36(40)41-27-29-22-18-17-19-23-29/h17-19,22-23,28,30-33H,5-16,20-21,24-27H2,1-4H3,(H,37,40)/t28-,30-,31-,32-,33-/m0/s1. The third kappa shape index (κ3) is 14.6. The first-order valence-electron chi connectivity index (χ1n) is 17.3. The second-order valence-electron chi connectivity index (χ2n) is 12.4. The summed E-state index contributed by atoms with van der Waals surface area (Å²) in [5.41, 5.74) is 0.876. The Morgan fingerprint density at radius 2 is 1.47 bits per heavy atom. The average molecular weight is 602 g/mol. The van der Waals surface area contributed by atoms with Crippen LogP contribution in [0.4, 0.5) is 4.79 Å². The van der Waals surface area contributed by atoms with Crippen LogP contribution in [0.3, 0.4) is 0 Å². The minimum atomic E-state index is -0.812. The lowest BCUT2D eigenvalue weighted by molar-refractivity contribution is -0.190.